The van der Waals surface area contributed by atoms with Gasteiger partial charge in [0.05, 0.1) is 11.1 Å². The molecule has 140 valence electrons. The summed E-state index contributed by atoms with van der Waals surface area (Å²) in [6, 6.07) is 3.26. The second kappa shape index (κ2) is 8.93. The van der Waals surface area contributed by atoms with Crippen molar-refractivity contribution in [3.63, 3.8) is 0 Å². The van der Waals surface area contributed by atoms with Crippen LogP contribution >= 0.6 is 11.6 Å². The number of hydrogen-bond acceptors (Lipinski definition) is 1. The van der Waals surface area contributed by atoms with Gasteiger partial charge in [0.1, 0.15) is 0 Å². The van der Waals surface area contributed by atoms with Crippen LogP contribution in [-0.4, -0.2) is 11.9 Å². The third kappa shape index (κ3) is 5.63. The maximum absolute atomic E-state index is 13.2. The molecule has 1 fully saturated rings. The Morgan fingerprint density at radius 1 is 1.24 bits per heavy atom. The van der Waals surface area contributed by atoms with E-state index in [1.165, 1.54) is 25.3 Å². The average Bonchev–Trinajstić information content (AvgIpc) is 2.97. The van der Waals surface area contributed by atoms with Crippen LogP contribution in [0.5, 0.6) is 0 Å². The summed E-state index contributed by atoms with van der Waals surface area (Å²) in [5, 5.41) is 2.81. The van der Waals surface area contributed by atoms with Gasteiger partial charge < -0.3 is 5.32 Å². The Kier molecular flexibility index (Phi) is 7.17. The minimum absolute atomic E-state index is 0.0291. The van der Waals surface area contributed by atoms with E-state index < -0.39 is 17.6 Å². The number of benzene rings is 1. The molecule has 6 heteroatoms. The van der Waals surface area contributed by atoms with Crippen LogP contribution in [0.4, 0.5) is 13.2 Å². The molecular formula is C19H25ClF3NO. The fraction of sp³-hybridized carbons (Fsp3) is 0.632. The molecule has 1 N–H and O–H groups in total. The van der Waals surface area contributed by atoms with Gasteiger partial charge in [-0.25, -0.2) is 0 Å². The zero-order valence-electron chi connectivity index (χ0n) is 14.5. The lowest BCUT2D eigenvalue weighted by atomic mass is 9.95. The van der Waals surface area contributed by atoms with Gasteiger partial charge in [0.15, 0.2) is 0 Å². The Morgan fingerprint density at radius 2 is 2.00 bits per heavy atom. The highest BCUT2D eigenvalue weighted by Crippen LogP contribution is 2.35. The van der Waals surface area contributed by atoms with Gasteiger partial charge in [-0.3, -0.25) is 4.79 Å². The minimum Gasteiger partial charge on any atom is -0.349 e. The SMILES string of the molecule is CCCCCCC1CCCC1NC(=O)c1ccc(Cl)cc1C(F)(F)F. The molecule has 2 rings (SSSR count). The van der Waals surface area contributed by atoms with E-state index in [9.17, 15) is 18.0 Å². The first-order valence-electron chi connectivity index (χ1n) is 9.00. The van der Waals surface area contributed by atoms with Gasteiger partial charge in [-0.2, -0.15) is 13.2 Å². The van der Waals surface area contributed by atoms with Crippen molar-refractivity contribution in [1.82, 2.24) is 5.32 Å². The molecule has 1 aromatic rings. The molecule has 0 aliphatic heterocycles. The smallest absolute Gasteiger partial charge is 0.349 e. The number of halogens is 4. The molecular weight excluding hydrogens is 351 g/mol. The van der Waals surface area contributed by atoms with E-state index in [1.54, 1.807) is 0 Å². The molecule has 1 amide bonds. The maximum Gasteiger partial charge on any atom is 0.417 e. The summed E-state index contributed by atoms with van der Waals surface area (Å²) in [7, 11) is 0. The molecule has 2 nitrogen and oxygen atoms in total. The summed E-state index contributed by atoms with van der Waals surface area (Å²) < 4.78 is 39.5. The van der Waals surface area contributed by atoms with Gasteiger partial charge in [0, 0.05) is 11.1 Å². The van der Waals surface area contributed by atoms with Crippen molar-refractivity contribution < 1.29 is 18.0 Å². The first-order chi connectivity index (χ1) is 11.8. The normalized spacial score (nSPS) is 20.7. The number of rotatable bonds is 7. The van der Waals surface area contributed by atoms with Crippen molar-refractivity contribution in [3.05, 3.63) is 34.3 Å². The lowest BCUT2D eigenvalue weighted by molar-refractivity contribution is -0.137. The number of carbonyl (C=O) groups excluding carboxylic acids is 1. The molecule has 1 aromatic carbocycles. The van der Waals surface area contributed by atoms with Gasteiger partial charge in [0.2, 0.25) is 0 Å². The van der Waals surface area contributed by atoms with Crippen LogP contribution in [0.15, 0.2) is 18.2 Å². The van der Waals surface area contributed by atoms with Crippen LogP contribution in [0.25, 0.3) is 0 Å². The van der Waals surface area contributed by atoms with Crippen molar-refractivity contribution in [2.75, 3.05) is 0 Å². The Bertz CT molecular complexity index is 589. The third-order valence-corrected chi connectivity index (χ3v) is 5.17. The van der Waals surface area contributed by atoms with Gasteiger partial charge in [-0.15, -0.1) is 0 Å². The lowest BCUT2D eigenvalue weighted by Crippen LogP contribution is -2.38. The van der Waals surface area contributed by atoms with Crippen LogP contribution in [0.2, 0.25) is 5.02 Å². The summed E-state index contributed by atoms with van der Waals surface area (Å²) in [5.74, 6) is -0.295. The van der Waals surface area contributed by atoms with Crippen molar-refractivity contribution in [2.45, 2.75) is 70.5 Å². The van der Waals surface area contributed by atoms with Crippen molar-refractivity contribution >= 4 is 17.5 Å². The fourth-order valence-corrected chi connectivity index (χ4v) is 3.77. The Labute approximate surface area is 152 Å². The predicted octanol–water partition coefficient (Wildman–Crippen LogP) is 6.23. The quantitative estimate of drug-likeness (QED) is 0.562. The summed E-state index contributed by atoms with van der Waals surface area (Å²) in [6.07, 6.45) is 3.94. The highest BCUT2D eigenvalue weighted by molar-refractivity contribution is 6.30. The van der Waals surface area contributed by atoms with E-state index in [0.717, 1.165) is 44.2 Å². The molecule has 0 bridgehead atoms. The molecule has 0 radical (unpaired) electrons. The summed E-state index contributed by atoms with van der Waals surface area (Å²) in [4.78, 5) is 12.4. The summed E-state index contributed by atoms with van der Waals surface area (Å²) in [5.41, 5.74) is -1.33. The van der Waals surface area contributed by atoms with Crippen LogP contribution in [0.1, 0.15) is 74.2 Å². The highest BCUT2D eigenvalue weighted by Gasteiger charge is 2.36. The van der Waals surface area contributed by atoms with Crippen molar-refractivity contribution in [1.29, 1.82) is 0 Å². The monoisotopic (exact) mass is 375 g/mol. The number of hydrogen-bond donors (Lipinski definition) is 1. The highest BCUT2D eigenvalue weighted by atomic mass is 35.5. The minimum atomic E-state index is -4.60. The second-order valence-electron chi connectivity index (χ2n) is 6.81. The molecule has 0 aromatic heterocycles. The molecule has 2 unspecified atom stereocenters. The fourth-order valence-electron chi connectivity index (χ4n) is 3.60. The molecule has 2 atom stereocenters. The van der Waals surface area contributed by atoms with E-state index >= 15 is 0 Å². The van der Waals surface area contributed by atoms with Crippen LogP contribution < -0.4 is 5.32 Å². The molecule has 1 aliphatic carbocycles. The van der Waals surface area contributed by atoms with Gasteiger partial charge in [-0.1, -0.05) is 50.6 Å². The first-order valence-corrected chi connectivity index (χ1v) is 9.38. The third-order valence-electron chi connectivity index (χ3n) is 4.94. The Morgan fingerprint density at radius 3 is 2.68 bits per heavy atom. The standard InChI is InChI=1S/C19H25ClF3NO/c1-2-3-4-5-7-13-8-6-9-17(13)24-18(25)15-11-10-14(20)12-16(15)19(21,22)23/h10-13,17H,2-9H2,1H3,(H,24,25). The van der Waals surface area contributed by atoms with E-state index in [1.807, 2.05) is 0 Å². The summed E-state index contributed by atoms with van der Waals surface area (Å²) >= 11 is 5.67. The van der Waals surface area contributed by atoms with Crippen molar-refractivity contribution in [3.8, 4) is 0 Å². The Hall–Kier alpha value is -1.23. The maximum atomic E-state index is 13.2. The van der Waals surface area contributed by atoms with Crippen LogP contribution in [0, 0.1) is 5.92 Å². The van der Waals surface area contributed by atoms with E-state index in [2.05, 4.69) is 12.2 Å². The largest absolute Gasteiger partial charge is 0.417 e. The Balaban J connectivity index is 2.04. The number of unbranched alkanes of at least 4 members (excludes halogenated alkanes) is 3. The zero-order chi connectivity index (χ0) is 18.4. The molecule has 1 aliphatic rings. The van der Waals surface area contributed by atoms with Gasteiger partial charge in [0.25, 0.3) is 5.91 Å². The van der Waals surface area contributed by atoms with Crippen LogP contribution in [-0.2, 0) is 6.18 Å². The van der Waals surface area contributed by atoms with Crippen molar-refractivity contribution in [2.24, 2.45) is 5.92 Å². The number of carbonyl (C=O) groups is 1. The van der Waals surface area contributed by atoms with Gasteiger partial charge in [-0.05, 0) is 43.4 Å². The van der Waals surface area contributed by atoms with Crippen LogP contribution in [0.3, 0.4) is 0 Å². The molecule has 1 saturated carbocycles. The topological polar surface area (TPSA) is 29.1 Å². The molecule has 0 heterocycles. The first kappa shape index (κ1) is 20.1. The number of alkyl halides is 3. The van der Waals surface area contributed by atoms with E-state index in [4.69, 9.17) is 11.6 Å². The van der Waals surface area contributed by atoms with Gasteiger partial charge >= 0.3 is 6.18 Å². The number of nitrogens with one attached hydrogen (secondary N) is 1. The molecule has 0 saturated heterocycles. The summed E-state index contributed by atoms with van der Waals surface area (Å²) in [6.45, 7) is 2.16. The second-order valence-corrected chi connectivity index (χ2v) is 7.24. The molecule has 25 heavy (non-hydrogen) atoms. The zero-order valence-corrected chi connectivity index (χ0v) is 15.2. The average molecular weight is 376 g/mol. The number of amides is 1. The van der Waals surface area contributed by atoms with E-state index in [-0.39, 0.29) is 16.6 Å². The predicted molar refractivity (Wildman–Crippen MR) is 93.8 cm³/mol. The van der Waals surface area contributed by atoms with E-state index in [0.29, 0.717) is 5.92 Å². The molecule has 0 spiro atoms. The lowest BCUT2D eigenvalue weighted by Gasteiger charge is -2.22.